The van der Waals surface area contributed by atoms with E-state index in [1.54, 1.807) is 30.3 Å². The molecule has 1 amide bonds. The van der Waals surface area contributed by atoms with Crippen LogP contribution in [-0.4, -0.2) is 26.4 Å². The molecule has 0 aliphatic rings. The van der Waals surface area contributed by atoms with Gasteiger partial charge in [0.1, 0.15) is 0 Å². The molecule has 0 aliphatic heterocycles. The van der Waals surface area contributed by atoms with E-state index in [9.17, 15) is 4.79 Å². The van der Waals surface area contributed by atoms with Crippen LogP contribution in [0.2, 0.25) is 5.02 Å². The van der Waals surface area contributed by atoms with E-state index in [1.807, 2.05) is 17.6 Å². The molecule has 9 heteroatoms. The average molecular weight is 442 g/mol. The number of amides is 1. The number of carbonyl (C=O) groups excluding carboxylic acids is 1. The molecule has 2 aromatic heterocycles. The summed E-state index contributed by atoms with van der Waals surface area (Å²) in [6.07, 6.45) is 0. The van der Waals surface area contributed by atoms with Gasteiger partial charge in [-0.15, -0.1) is 10.2 Å². The van der Waals surface area contributed by atoms with Gasteiger partial charge in [-0.3, -0.25) is 9.36 Å². The first-order valence-electron chi connectivity index (χ1n) is 7.44. The highest BCUT2D eigenvalue weighted by Gasteiger charge is 2.17. The third-order valence-electron chi connectivity index (χ3n) is 3.27. The average Bonchev–Trinajstić information content (AvgIpc) is 3.18. The Balaban J connectivity index is 1.67. The number of hydrogen-bond donors (Lipinski definition) is 1. The zero-order valence-corrected chi connectivity index (χ0v) is 16.4. The minimum absolute atomic E-state index is 0.139. The van der Waals surface area contributed by atoms with Crippen molar-refractivity contribution >= 4 is 50.9 Å². The Morgan fingerprint density at radius 2 is 2.20 bits per heavy atom. The Kier molecular flexibility index (Phi) is 5.82. The minimum atomic E-state index is -0.139. The predicted octanol–water partition coefficient (Wildman–Crippen LogP) is 4.70. The molecule has 3 aromatic rings. The first-order valence-corrected chi connectivity index (χ1v) is 9.59. The highest BCUT2D eigenvalue weighted by atomic mass is 79.9. The Labute approximate surface area is 162 Å². The summed E-state index contributed by atoms with van der Waals surface area (Å²) in [6, 6.07) is 10.6. The van der Waals surface area contributed by atoms with Crippen molar-refractivity contribution in [1.29, 1.82) is 0 Å². The molecule has 0 saturated heterocycles. The number of hydrogen-bond acceptors (Lipinski definition) is 5. The van der Waals surface area contributed by atoms with E-state index in [4.69, 9.17) is 16.0 Å². The summed E-state index contributed by atoms with van der Waals surface area (Å²) in [5, 5.41) is 12.4. The van der Waals surface area contributed by atoms with Crippen molar-refractivity contribution in [2.24, 2.45) is 0 Å². The number of nitrogens with one attached hydrogen (secondary N) is 1. The number of carbonyl (C=O) groups is 1. The predicted molar refractivity (Wildman–Crippen MR) is 102 cm³/mol. The molecule has 0 atom stereocenters. The Bertz CT molecular complexity index is 896. The van der Waals surface area contributed by atoms with Gasteiger partial charge in [0.25, 0.3) is 0 Å². The third kappa shape index (κ3) is 4.45. The van der Waals surface area contributed by atoms with Crippen molar-refractivity contribution < 1.29 is 9.21 Å². The second-order valence-corrected chi connectivity index (χ2v) is 7.16. The molecule has 130 valence electrons. The lowest BCUT2D eigenvalue weighted by molar-refractivity contribution is -0.113. The van der Waals surface area contributed by atoms with E-state index < -0.39 is 0 Å². The molecule has 1 aromatic carbocycles. The Hall–Kier alpha value is -1.77. The van der Waals surface area contributed by atoms with Gasteiger partial charge in [0.2, 0.25) is 11.7 Å². The van der Waals surface area contributed by atoms with Crippen LogP contribution in [0.15, 0.2) is 50.6 Å². The zero-order valence-electron chi connectivity index (χ0n) is 13.2. The molecule has 0 fully saturated rings. The normalized spacial score (nSPS) is 10.8. The van der Waals surface area contributed by atoms with Crippen molar-refractivity contribution in [1.82, 2.24) is 14.8 Å². The molecule has 0 saturated carbocycles. The number of thioether (sulfide) groups is 1. The highest BCUT2D eigenvalue weighted by Crippen LogP contribution is 2.27. The fourth-order valence-corrected chi connectivity index (χ4v) is 3.49. The van der Waals surface area contributed by atoms with Gasteiger partial charge in [0.05, 0.1) is 5.75 Å². The maximum absolute atomic E-state index is 12.1. The number of nitrogens with zero attached hydrogens (tertiary/aromatic N) is 3. The number of halogens is 2. The van der Waals surface area contributed by atoms with Crippen LogP contribution in [-0.2, 0) is 11.3 Å². The standard InChI is InChI=1S/C16H14BrClN4O2S/c1-2-22-15(12-6-7-13(17)24-12)20-21-16(22)25-9-14(23)19-11-5-3-4-10(18)8-11/h3-8H,2,9H2,1H3,(H,19,23). The van der Waals surface area contributed by atoms with Crippen LogP contribution in [0.4, 0.5) is 5.69 Å². The Morgan fingerprint density at radius 1 is 1.36 bits per heavy atom. The number of anilines is 1. The van der Waals surface area contributed by atoms with E-state index in [0.717, 1.165) is 0 Å². The second kappa shape index (κ2) is 8.07. The monoisotopic (exact) mass is 440 g/mol. The second-order valence-electron chi connectivity index (χ2n) is 5.00. The molecular formula is C16H14BrClN4O2S. The molecule has 0 spiro atoms. The van der Waals surface area contributed by atoms with E-state index >= 15 is 0 Å². The summed E-state index contributed by atoms with van der Waals surface area (Å²) < 4.78 is 8.07. The van der Waals surface area contributed by atoms with Crippen LogP contribution in [0.1, 0.15) is 6.92 Å². The van der Waals surface area contributed by atoms with Crippen LogP contribution < -0.4 is 5.32 Å². The van der Waals surface area contributed by atoms with Crippen LogP contribution >= 0.6 is 39.3 Å². The lowest BCUT2D eigenvalue weighted by Gasteiger charge is -2.07. The number of furan rings is 1. The molecule has 0 unspecified atom stereocenters. The van der Waals surface area contributed by atoms with Gasteiger partial charge >= 0.3 is 0 Å². The van der Waals surface area contributed by atoms with Gasteiger partial charge in [0.15, 0.2) is 15.6 Å². The van der Waals surface area contributed by atoms with Crippen LogP contribution in [0.5, 0.6) is 0 Å². The van der Waals surface area contributed by atoms with Crippen molar-refractivity contribution in [3.05, 3.63) is 46.1 Å². The molecule has 1 N–H and O–H groups in total. The molecule has 2 heterocycles. The summed E-state index contributed by atoms with van der Waals surface area (Å²) in [6.45, 7) is 2.65. The van der Waals surface area contributed by atoms with Gasteiger partial charge in [-0.1, -0.05) is 29.4 Å². The smallest absolute Gasteiger partial charge is 0.234 e. The Morgan fingerprint density at radius 3 is 2.88 bits per heavy atom. The van der Waals surface area contributed by atoms with Crippen LogP contribution in [0.3, 0.4) is 0 Å². The SMILES string of the molecule is CCn1c(SCC(=O)Nc2cccc(Cl)c2)nnc1-c1ccc(Br)o1. The van der Waals surface area contributed by atoms with Gasteiger partial charge in [-0.2, -0.15) is 0 Å². The van der Waals surface area contributed by atoms with Crippen molar-refractivity contribution in [2.75, 3.05) is 11.1 Å². The summed E-state index contributed by atoms with van der Waals surface area (Å²) >= 11 is 10.5. The number of benzene rings is 1. The first kappa shape index (κ1) is 18.0. The maximum Gasteiger partial charge on any atom is 0.234 e. The minimum Gasteiger partial charge on any atom is -0.446 e. The summed E-state index contributed by atoms with van der Waals surface area (Å²) in [5.41, 5.74) is 0.663. The molecule has 6 nitrogen and oxygen atoms in total. The topological polar surface area (TPSA) is 73.0 Å². The number of rotatable bonds is 6. The van der Waals surface area contributed by atoms with Gasteiger partial charge in [-0.05, 0) is 53.2 Å². The zero-order chi connectivity index (χ0) is 17.8. The van der Waals surface area contributed by atoms with Gasteiger partial charge in [-0.25, -0.2) is 0 Å². The van der Waals surface area contributed by atoms with E-state index in [1.165, 1.54) is 11.8 Å². The third-order valence-corrected chi connectivity index (χ3v) is 4.90. The summed E-state index contributed by atoms with van der Waals surface area (Å²) in [4.78, 5) is 12.1. The summed E-state index contributed by atoms with van der Waals surface area (Å²) in [7, 11) is 0. The van der Waals surface area contributed by atoms with Crippen molar-refractivity contribution in [3.63, 3.8) is 0 Å². The van der Waals surface area contributed by atoms with E-state index in [2.05, 4.69) is 31.4 Å². The van der Waals surface area contributed by atoms with Gasteiger partial charge < -0.3 is 9.73 Å². The lowest BCUT2D eigenvalue weighted by atomic mass is 10.3. The van der Waals surface area contributed by atoms with Crippen LogP contribution in [0.25, 0.3) is 11.6 Å². The van der Waals surface area contributed by atoms with E-state index in [0.29, 0.717) is 38.7 Å². The first-order chi connectivity index (χ1) is 12.1. The van der Waals surface area contributed by atoms with Gasteiger partial charge in [0, 0.05) is 17.3 Å². The molecule has 0 bridgehead atoms. The van der Waals surface area contributed by atoms with E-state index in [-0.39, 0.29) is 11.7 Å². The number of aromatic nitrogens is 3. The summed E-state index contributed by atoms with van der Waals surface area (Å²) in [5.74, 6) is 1.33. The quantitative estimate of drug-likeness (QED) is 0.561. The maximum atomic E-state index is 12.1. The fraction of sp³-hybridized carbons (Fsp3) is 0.188. The molecular weight excluding hydrogens is 428 g/mol. The molecule has 3 rings (SSSR count). The van der Waals surface area contributed by atoms with Crippen molar-refractivity contribution in [3.8, 4) is 11.6 Å². The largest absolute Gasteiger partial charge is 0.446 e. The fourth-order valence-electron chi connectivity index (χ4n) is 2.19. The lowest BCUT2D eigenvalue weighted by Crippen LogP contribution is -2.14. The molecule has 0 aliphatic carbocycles. The molecule has 25 heavy (non-hydrogen) atoms. The highest BCUT2D eigenvalue weighted by molar-refractivity contribution is 9.10. The van der Waals surface area contributed by atoms with Crippen LogP contribution in [0, 0.1) is 0 Å². The van der Waals surface area contributed by atoms with Crippen molar-refractivity contribution in [2.45, 2.75) is 18.6 Å². The molecule has 0 radical (unpaired) electrons.